The standard InChI is InChI=1S/C19H28ClN3O2/c1-13(2)14(3)21-19(25)23-11-5-6-17(23)18(24)22(4)12-15-7-9-16(20)10-8-15/h7-10,13-14,17H,5-6,11-12H2,1-4H3,(H,21,25)/t14-,17+/m0/s1. The van der Waals surface area contributed by atoms with Crippen molar-refractivity contribution >= 4 is 23.5 Å². The number of carbonyl (C=O) groups excluding carboxylic acids is 2. The van der Waals surface area contributed by atoms with Crippen LogP contribution in [-0.2, 0) is 11.3 Å². The molecule has 1 heterocycles. The van der Waals surface area contributed by atoms with Crippen molar-refractivity contribution in [3.8, 4) is 0 Å². The molecule has 0 unspecified atom stereocenters. The molecule has 1 aliphatic rings. The largest absolute Gasteiger partial charge is 0.340 e. The number of hydrogen-bond acceptors (Lipinski definition) is 2. The fourth-order valence-corrected chi connectivity index (χ4v) is 3.03. The van der Waals surface area contributed by atoms with Gasteiger partial charge in [0.05, 0.1) is 0 Å². The number of rotatable bonds is 5. The van der Waals surface area contributed by atoms with Crippen LogP contribution in [0.2, 0.25) is 5.02 Å². The predicted molar refractivity (Wildman–Crippen MR) is 100 cm³/mol. The number of carbonyl (C=O) groups is 2. The van der Waals surface area contributed by atoms with Crippen molar-refractivity contribution in [2.75, 3.05) is 13.6 Å². The van der Waals surface area contributed by atoms with Crippen molar-refractivity contribution < 1.29 is 9.59 Å². The Morgan fingerprint density at radius 1 is 1.28 bits per heavy atom. The van der Waals surface area contributed by atoms with Crippen LogP contribution >= 0.6 is 11.6 Å². The maximum Gasteiger partial charge on any atom is 0.318 e. The molecule has 0 bridgehead atoms. The van der Waals surface area contributed by atoms with E-state index >= 15 is 0 Å². The SMILES string of the molecule is CC(C)[C@H](C)NC(=O)N1CCC[C@@H]1C(=O)N(C)Cc1ccc(Cl)cc1. The third kappa shape index (κ3) is 5.11. The molecule has 0 aromatic heterocycles. The Labute approximate surface area is 155 Å². The van der Waals surface area contributed by atoms with Crippen LogP contribution in [0.4, 0.5) is 4.79 Å². The summed E-state index contributed by atoms with van der Waals surface area (Å²) in [5, 5.41) is 3.68. The van der Waals surface area contributed by atoms with Crippen molar-refractivity contribution in [3.63, 3.8) is 0 Å². The zero-order chi connectivity index (χ0) is 18.6. The molecule has 1 saturated heterocycles. The number of likely N-dealkylation sites (tertiary alicyclic amines) is 1. The summed E-state index contributed by atoms with van der Waals surface area (Å²) in [7, 11) is 1.78. The molecule has 0 saturated carbocycles. The van der Waals surface area contributed by atoms with Crippen LogP contribution < -0.4 is 5.32 Å². The molecular formula is C19H28ClN3O2. The van der Waals surface area contributed by atoms with Gasteiger partial charge in [0, 0.05) is 31.2 Å². The Morgan fingerprint density at radius 2 is 1.92 bits per heavy atom. The van der Waals surface area contributed by atoms with Crippen molar-refractivity contribution in [2.45, 2.75) is 52.2 Å². The summed E-state index contributed by atoms with van der Waals surface area (Å²) < 4.78 is 0. The van der Waals surface area contributed by atoms with Crippen LogP contribution in [0.25, 0.3) is 0 Å². The maximum atomic E-state index is 12.8. The summed E-state index contributed by atoms with van der Waals surface area (Å²) in [5.41, 5.74) is 1.02. The molecule has 0 spiro atoms. The summed E-state index contributed by atoms with van der Waals surface area (Å²) >= 11 is 5.90. The molecular weight excluding hydrogens is 338 g/mol. The van der Waals surface area contributed by atoms with Crippen LogP contribution in [0.1, 0.15) is 39.2 Å². The first-order valence-electron chi connectivity index (χ1n) is 8.86. The van der Waals surface area contributed by atoms with Gasteiger partial charge in [-0.1, -0.05) is 37.6 Å². The quantitative estimate of drug-likeness (QED) is 0.868. The number of hydrogen-bond donors (Lipinski definition) is 1. The minimum Gasteiger partial charge on any atom is -0.340 e. The van der Waals surface area contributed by atoms with Crippen molar-refractivity contribution in [1.29, 1.82) is 0 Å². The number of amides is 3. The first-order valence-corrected chi connectivity index (χ1v) is 9.24. The van der Waals surface area contributed by atoms with Gasteiger partial charge in [0.1, 0.15) is 6.04 Å². The van der Waals surface area contributed by atoms with Gasteiger partial charge in [0.2, 0.25) is 5.91 Å². The highest BCUT2D eigenvalue weighted by molar-refractivity contribution is 6.30. The average molecular weight is 366 g/mol. The van der Waals surface area contributed by atoms with Gasteiger partial charge >= 0.3 is 6.03 Å². The van der Waals surface area contributed by atoms with Gasteiger partial charge in [-0.05, 0) is 43.4 Å². The third-order valence-electron chi connectivity index (χ3n) is 4.86. The Kier molecular flexibility index (Phi) is 6.71. The molecule has 3 amide bonds. The Hall–Kier alpha value is -1.75. The average Bonchev–Trinajstić information content (AvgIpc) is 3.05. The third-order valence-corrected chi connectivity index (χ3v) is 5.11. The first kappa shape index (κ1) is 19.6. The summed E-state index contributed by atoms with van der Waals surface area (Å²) in [5.74, 6) is 0.341. The molecule has 0 aliphatic carbocycles. The van der Waals surface area contributed by atoms with Gasteiger partial charge in [0.15, 0.2) is 0 Å². The number of likely N-dealkylation sites (N-methyl/N-ethyl adjacent to an activating group) is 1. The molecule has 6 heteroatoms. The van der Waals surface area contributed by atoms with Crippen LogP contribution in [0, 0.1) is 5.92 Å². The fourth-order valence-electron chi connectivity index (χ4n) is 2.91. The highest BCUT2D eigenvalue weighted by Gasteiger charge is 2.36. The molecule has 25 heavy (non-hydrogen) atoms. The lowest BCUT2D eigenvalue weighted by atomic mass is 10.1. The number of halogens is 1. The molecule has 1 aromatic rings. The molecule has 1 aromatic carbocycles. The number of benzene rings is 1. The van der Waals surface area contributed by atoms with E-state index < -0.39 is 0 Å². The number of nitrogens with zero attached hydrogens (tertiary/aromatic N) is 2. The zero-order valence-electron chi connectivity index (χ0n) is 15.5. The lowest BCUT2D eigenvalue weighted by Crippen LogP contribution is -2.52. The second-order valence-electron chi connectivity index (χ2n) is 7.15. The predicted octanol–water partition coefficient (Wildman–Crippen LogP) is 3.52. The summed E-state index contributed by atoms with van der Waals surface area (Å²) in [6, 6.07) is 7.02. The van der Waals surface area contributed by atoms with Crippen molar-refractivity contribution in [3.05, 3.63) is 34.9 Å². The number of nitrogens with one attached hydrogen (secondary N) is 1. The second-order valence-corrected chi connectivity index (χ2v) is 7.59. The molecule has 0 radical (unpaired) electrons. The Bertz CT molecular complexity index is 603. The number of urea groups is 1. The van der Waals surface area contributed by atoms with Gasteiger partial charge in [-0.3, -0.25) is 4.79 Å². The smallest absolute Gasteiger partial charge is 0.318 e. The van der Waals surface area contributed by atoms with E-state index in [1.807, 2.05) is 31.2 Å². The molecule has 1 fully saturated rings. The molecule has 5 nitrogen and oxygen atoms in total. The second kappa shape index (κ2) is 8.56. The topological polar surface area (TPSA) is 52.7 Å². The van der Waals surface area contributed by atoms with E-state index in [9.17, 15) is 9.59 Å². The normalized spacial score (nSPS) is 18.3. The Balaban J connectivity index is 1.99. The van der Waals surface area contributed by atoms with Crippen LogP contribution in [-0.4, -0.2) is 47.4 Å². The summed E-state index contributed by atoms with van der Waals surface area (Å²) in [4.78, 5) is 28.7. The van der Waals surface area contributed by atoms with Crippen LogP contribution in [0.5, 0.6) is 0 Å². The Morgan fingerprint density at radius 3 is 2.52 bits per heavy atom. The zero-order valence-corrected chi connectivity index (χ0v) is 16.2. The van der Waals surface area contributed by atoms with Crippen molar-refractivity contribution in [1.82, 2.24) is 15.1 Å². The van der Waals surface area contributed by atoms with Crippen LogP contribution in [0.3, 0.4) is 0 Å². The minimum atomic E-state index is -0.378. The van der Waals surface area contributed by atoms with Gasteiger partial charge in [-0.15, -0.1) is 0 Å². The van der Waals surface area contributed by atoms with Gasteiger partial charge in [0.25, 0.3) is 0 Å². The molecule has 1 aliphatic heterocycles. The van der Waals surface area contributed by atoms with E-state index in [0.29, 0.717) is 30.5 Å². The lowest BCUT2D eigenvalue weighted by molar-refractivity contribution is -0.134. The van der Waals surface area contributed by atoms with E-state index in [1.54, 1.807) is 16.8 Å². The lowest BCUT2D eigenvalue weighted by Gasteiger charge is -2.30. The fraction of sp³-hybridized carbons (Fsp3) is 0.579. The van der Waals surface area contributed by atoms with E-state index in [0.717, 1.165) is 12.0 Å². The minimum absolute atomic E-state index is 0.0141. The molecule has 2 atom stereocenters. The van der Waals surface area contributed by atoms with Gasteiger partial charge in [-0.2, -0.15) is 0 Å². The first-order chi connectivity index (χ1) is 11.8. The summed E-state index contributed by atoms with van der Waals surface area (Å²) in [6.45, 7) is 7.25. The maximum absolute atomic E-state index is 12.8. The van der Waals surface area contributed by atoms with E-state index in [-0.39, 0.29) is 24.0 Å². The van der Waals surface area contributed by atoms with Gasteiger partial charge < -0.3 is 15.1 Å². The van der Waals surface area contributed by atoms with Crippen molar-refractivity contribution in [2.24, 2.45) is 5.92 Å². The highest BCUT2D eigenvalue weighted by atomic mass is 35.5. The summed E-state index contributed by atoms with van der Waals surface area (Å²) in [6.07, 6.45) is 1.57. The molecule has 138 valence electrons. The highest BCUT2D eigenvalue weighted by Crippen LogP contribution is 2.21. The van der Waals surface area contributed by atoms with Crippen LogP contribution in [0.15, 0.2) is 24.3 Å². The van der Waals surface area contributed by atoms with E-state index in [2.05, 4.69) is 19.2 Å². The molecule has 1 N–H and O–H groups in total. The monoisotopic (exact) mass is 365 g/mol. The van der Waals surface area contributed by atoms with E-state index in [1.165, 1.54) is 0 Å². The van der Waals surface area contributed by atoms with Gasteiger partial charge in [-0.25, -0.2) is 4.79 Å². The molecule has 2 rings (SSSR count). The van der Waals surface area contributed by atoms with E-state index in [4.69, 9.17) is 11.6 Å².